The van der Waals surface area contributed by atoms with Gasteiger partial charge in [0.1, 0.15) is 72.5 Å². The highest BCUT2D eigenvalue weighted by Crippen LogP contribution is 2.24. The third kappa shape index (κ3) is 23.8. The number of aliphatic hydroxyl groups excluding tert-OH is 4. The van der Waals surface area contributed by atoms with Crippen LogP contribution in [-0.2, 0) is 73.5 Å². The molecule has 2 aliphatic rings. The van der Waals surface area contributed by atoms with Crippen LogP contribution >= 0.6 is 0 Å². The summed E-state index contributed by atoms with van der Waals surface area (Å²) in [6.45, 7) is 5.49. The lowest BCUT2D eigenvalue weighted by Gasteiger charge is -2.32. The van der Waals surface area contributed by atoms with Gasteiger partial charge in [0.15, 0.2) is 0 Å². The van der Waals surface area contributed by atoms with E-state index < -0.39 is 201 Å². The van der Waals surface area contributed by atoms with E-state index in [1.165, 1.54) is 11.8 Å². The highest BCUT2D eigenvalue weighted by atomic mass is 16.4. The normalized spacial score (nSPS) is 18.0. The van der Waals surface area contributed by atoms with Crippen LogP contribution in [0.15, 0.2) is 30.5 Å². The number of rotatable bonds is 40. The third-order valence-electron chi connectivity index (χ3n) is 16.2. The number of nitrogens with one attached hydrogen (secondary N) is 10. The van der Waals surface area contributed by atoms with Gasteiger partial charge in [0, 0.05) is 43.0 Å². The van der Waals surface area contributed by atoms with Crippen molar-refractivity contribution in [3.8, 4) is 0 Å². The lowest BCUT2D eigenvalue weighted by molar-refractivity contribution is -0.145. The summed E-state index contributed by atoms with van der Waals surface area (Å²) in [5.41, 5.74) is 18.1. The standard InChI is InChI=1S/C61H95N15O20/c1-30(2)22-39(68-50(84)35(63)27-77)51(85)66-37(14-8-9-19-62)59(93)75-20-10-15-45(75)57(91)73-44(29-79)56(90)71-42(25-47(64)81)53(87)70-41(24-33-26-65-36-13-7-6-12-34(33)36)52(86)69-40(23-31(3)4)54(88)74-49(32(5)80)60(94)76-21-11-16-46(76)58(92)72-43(28-78)55(89)67-38(61(95)96)17-18-48(82)83/h6-7,12-13,26,30-32,35,37-46,49,65,77-80H,8-11,14-25,27-29,62-63H2,1-5H3,(H2,64,81)(H,66,85)(H,67,89)(H,68,84)(H,69,86)(H,70,87)(H,71,90)(H,72,92)(H,73,91)(H,74,88)(H,82,83)(H,95,96)/t32-,35+,37+,38+,39+,40+,41+,42+,43+,44+,45+,46+,49+/m1/s1. The number of carbonyl (C=O) groups excluding carboxylic acids is 12. The number of carboxylic acids is 2. The number of likely N-dealkylation sites (tertiary alicyclic amines) is 2. The van der Waals surface area contributed by atoms with Gasteiger partial charge in [0.2, 0.25) is 70.9 Å². The number of carbonyl (C=O) groups is 14. The summed E-state index contributed by atoms with van der Waals surface area (Å²) in [5.74, 6) is -15.3. The van der Waals surface area contributed by atoms with Gasteiger partial charge in [-0.1, -0.05) is 45.9 Å². The van der Waals surface area contributed by atoms with E-state index in [1.54, 1.807) is 58.2 Å². The Morgan fingerprint density at radius 3 is 1.53 bits per heavy atom. The Kier molecular flexibility index (Phi) is 32.0. The summed E-state index contributed by atoms with van der Waals surface area (Å²) in [5, 5.41) is 82.0. The van der Waals surface area contributed by atoms with Crippen LogP contribution in [0.3, 0.4) is 0 Å². The maximum absolute atomic E-state index is 14.7. The van der Waals surface area contributed by atoms with Crippen LogP contribution in [0.5, 0.6) is 0 Å². The van der Waals surface area contributed by atoms with Crippen LogP contribution in [0.4, 0.5) is 0 Å². The van der Waals surface area contributed by atoms with Crippen LogP contribution in [0.25, 0.3) is 10.9 Å². The molecule has 96 heavy (non-hydrogen) atoms. The van der Waals surface area contributed by atoms with E-state index in [-0.39, 0.29) is 82.8 Å². The predicted molar refractivity (Wildman–Crippen MR) is 340 cm³/mol. The lowest BCUT2D eigenvalue weighted by atomic mass is 9.99. The molecule has 0 bridgehead atoms. The summed E-state index contributed by atoms with van der Waals surface area (Å²) in [6, 6.07) is -11.6. The molecule has 0 spiro atoms. The number of benzene rings is 1. The van der Waals surface area contributed by atoms with Crippen molar-refractivity contribution in [2.45, 2.75) is 197 Å². The molecule has 0 saturated carbocycles. The number of fused-ring (bicyclic) bond motifs is 1. The monoisotopic (exact) mass is 1360 g/mol. The average molecular weight is 1360 g/mol. The van der Waals surface area contributed by atoms with Gasteiger partial charge in [0.25, 0.3) is 0 Å². The van der Waals surface area contributed by atoms with Gasteiger partial charge in [-0.3, -0.25) is 62.3 Å². The molecule has 4 rings (SSSR count). The van der Waals surface area contributed by atoms with Gasteiger partial charge in [-0.15, -0.1) is 0 Å². The van der Waals surface area contributed by atoms with Crippen LogP contribution in [0.2, 0.25) is 0 Å². The highest BCUT2D eigenvalue weighted by molar-refractivity contribution is 6.01. The van der Waals surface area contributed by atoms with E-state index in [0.717, 1.165) is 4.90 Å². The average Bonchev–Trinajstić information content (AvgIpc) is 1.66. The first-order chi connectivity index (χ1) is 45.3. The van der Waals surface area contributed by atoms with E-state index in [0.29, 0.717) is 29.3 Å². The number of carboxylic acid groups (broad SMARTS) is 2. The smallest absolute Gasteiger partial charge is 0.326 e. The van der Waals surface area contributed by atoms with Crippen molar-refractivity contribution in [2.75, 3.05) is 39.5 Å². The quantitative estimate of drug-likeness (QED) is 0.0276. The first-order valence-electron chi connectivity index (χ1n) is 31.9. The first-order valence-corrected chi connectivity index (χ1v) is 31.9. The molecule has 35 nitrogen and oxygen atoms in total. The largest absolute Gasteiger partial charge is 0.481 e. The number of para-hydroxylation sites is 1. The number of unbranched alkanes of at least 4 members (excludes halogenated alkanes) is 1. The number of aromatic amines is 1. The van der Waals surface area contributed by atoms with Crippen molar-refractivity contribution in [3.05, 3.63) is 36.0 Å². The molecule has 0 unspecified atom stereocenters. The van der Waals surface area contributed by atoms with Crippen molar-refractivity contribution < 1.29 is 97.8 Å². The first kappa shape index (κ1) is 79.5. The predicted octanol–water partition coefficient (Wildman–Crippen LogP) is -6.21. The van der Waals surface area contributed by atoms with E-state index >= 15 is 0 Å². The van der Waals surface area contributed by atoms with E-state index in [2.05, 4.69) is 52.8 Å². The maximum atomic E-state index is 14.7. The Morgan fingerprint density at radius 2 is 1.03 bits per heavy atom. The maximum Gasteiger partial charge on any atom is 0.326 e. The third-order valence-corrected chi connectivity index (χ3v) is 16.2. The minimum atomic E-state index is -1.90. The fraction of sp³-hybridized carbons (Fsp3) is 0.639. The minimum absolute atomic E-state index is 0.00655. The molecular formula is C61H95N15O20. The molecular weight excluding hydrogens is 1260 g/mol. The van der Waals surface area contributed by atoms with Crippen LogP contribution in [0, 0.1) is 11.8 Å². The zero-order valence-electron chi connectivity index (χ0n) is 54.5. The van der Waals surface area contributed by atoms with Crippen molar-refractivity contribution in [1.29, 1.82) is 0 Å². The number of aliphatic hydroxyl groups is 4. The fourth-order valence-corrected chi connectivity index (χ4v) is 11.1. The molecule has 22 N–H and O–H groups in total. The zero-order valence-corrected chi connectivity index (χ0v) is 54.5. The van der Waals surface area contributed by atoms with E-state index in [4.69, 9.17) is 22.3 Å². The lowest BCUT2D eigenvalue weighted by Crippen LogP contribution is -2.62. The molecule has 13 atom stereocenters. The minimum Gasteiger partial charge on any atom is -0.481 e. The van der Waals surface area contributed by atoms with Gasteiger partial charge in [-0.05, 0) is 101 Å². The molecule has 534 valence electrons. The number of aromatic nitrogens is 1. The van der Waals surface area contributed by atoms with Crippen LogP contribution in [0.1, 0.15) is 117 Å². The summed E-state index contributed by atoms with van der Waals surface area (Å²) in [7, 11) is 0. The number of primary amides is 1. The number of H-pyrrole nitrogens is 1. The van der Waals surface area contributed by atoms with Gasteiger partial charge < -0.3 is 110 Å². The van der Waals surface area contributed by atoms with Crippen LogP contribution < -0.4 is 65.1 Å². The number of amides is 12. The van der Waals surface area contributed by atoms with E-state index in [1.807, 2.05) is 0 Å². The SMILES string of the molecule is CC(C)C[C@H](NC(=O)[C@H](Cc1c[nH]c2ccccc12)NC(=O)[C@H](CC(N)=O)NC(=O)[C@H](CO)NC(=O)[C@@H]1CCCN1C(=O)[C@H](CCCCN)NC(=O)[C@H](CC(C)C)NC(=O)[C@@H](N)CO)C(=O)N[C@H](C(=O)N1CCC[C@H]1C(=O)N[C@@H](CO)C(=O)N[C@@H](CCC(=O)O)C(=O)O)[C@@H](C)O. The van der Waals surface area contributed by atoms with Crippen molar-refractivity contribution in [3.63, 3.8) is 0 Å². The molecule has 0 radical (unpaired) electrons. The molecule has 2 aromatic rings. The zero-order chi connectivity index (χ0) is 71.7. The van der Waals surface area contributed by atoms with Gasteiger partial charge >= 0.3 is 11.9 Å². The molecule has 1 aromatic carbocycles. The molecule has 35 heteroatoms. The number of nitrogens with two attached hydrogens (primary N) is 3. The van der Waals surface area contributed by atoms with Crippen LogP contribution in [-0.4, -0.2) is 246 Å². The number of aliphatic carboxylic acids is 2. The number of hydrogen-bond acceptors (Lipinski definition) is 20. The molecule has 1 aromatic heterocycles. The second-order valence-electron chi connectivity index (χ2n) is 24.8. The summed E-state index contributed by atoms with van der Waals surface area (Å²) in [6.07, 6.45) is -1.05. The molecule has 2 fully saturated rings. The van der Waals surface area contributed by atoms with Gasteiger partial charge in [-0.2, -0.15) is 0 Å². The Labute approximate surface area is 553 Å². The Hall–Kier alpha value is -8.90. The topological polar surface area (TPSA) is 569 Å². The van der Waals surface area contributed by atoms with Crippen molar-refractivity contribution in [1.82, 2.24) is 62.6 Å². The Balaban J connectivity index is 1.56. The summed E-state index contributed by atoms with van der Waals surface area (Å²) in [4.78, 5) is 194. The second kappa shape index (κ2) is 38.6. The molecule has 12 amide bonds. The molecule has 2 saturated heterocycles. The summed E-state index contributed by atoms with van der Waals surface area (Å²) < 4.78 is 0. The Morgan fingerprint density at radius 1 is 0.562 bits per heavy atom. The number of hydrogen-bond donors (Lipinski definition) is 19. The fourth-order valence-electron chi connectivity index (χ4n) is 11.1. The van der Waals surface area contributed by atoms with Gasteiger partial charge in [-0.25, -0.2) is 4.79 Å². The summed E-state index contributed by atoms with van der Waals surface area (Å²) >= 11 is 0. The van der Waals surface area contributed by atoms with E-state index in [9.17, 15) is 92.7 Å². The second-order valence-corrected chi connectivity index (χ2v) is 24.8. The molecule has 0 aliphatic carbocycles. The van der Waals surface area contributed by atoms with Crippen molar-refractivity contribution >= 4 is 93.7 Å². The Bertz CT molecular complexity index is 3070. The highest BCUT2D eigenvalue weighted by Gasteiger charge is 2.44. The molecule has 2 aliphatic heterocycles. The van der Waals surface area contributed by atoms with Gasteiger partial charge in [0.05, 0.1) is 32.3 Å². The number of nitrogens with zero attached hydrogens (tertiary/aromatic N) is 2. The van der Waals surface area contributed by atoms with Crippen molar-refractivity contribution in [2.24, 2.45) is 29.0 Å². The molecule has 3 heterocycles.